The van der Waals surface area contributed by atoms with E-state index >= 15 is 0 Å². The molecule has 1 heterocycles. The number of carbonyl (C=O) groups is 1. The van der Waals surface area contributed by atoms with E-state index in [9.17, 15) is 4.79 Å². The second-order valence-corrected chi connectivity index (χ2v) is 7.28. The molecular weight excluding hydrogens is 306 g/mol. The zero-order valence-corrected chi connectivity index (χ0v) is 15.7. The van der Waals surface area contributed by atoms with Crippen LogP contribution in [0, 0.1) is 13.8 Å². The number of carbonyl (C=O) groups excluding carboxylic acids is 1. The maximum absolute atomic E-state index is 12.6. The van der Waals surface area contributed by atoms with Gasteiger partial charge >= 0.3 is 0 Å². The van der Waals surface area contributed by atoms with Gasteiger partial charge in [0, 0.05) is 30.9 Å². The van der Waals surface area contributed by atoms with Gasteiger partial charge in [-0.1, -0.05) is 37.4 Å². The van der Waals surface area contributed by atoms with E-state index in [0.29, 0.717) is 12.5 Å². The molecule has 128 valence electrons. The highest BCUT2D eigenvalue weighted by Crippen LogP contribution is 2.22. The van der Waals surface area contributed by atoms with Crippen LogP contribution in [-0.2, 0) is 11.2 Å². The van der Waals surface area contributed by atoms with Gasteiger partial charge in [-0.2, -0.15) is 0 Å². The minimum Gasteiger partial charge on any atom is -0.343 e. The lowest BCUT2D eigenvalue weighted by Gasteiger charge is -2.27. The predicted octanol–water partition coefficient (Wildman–Crippen LogP) is 3.93. The summed E-state index contributed by atoms with van der Waals surface area (Å²) in [6.45, 7) is 4.03. The van der Waals surface area contributed by atoms with Crippen molar-refractivity contribution in [3.8, 4) is 0 Å². The highest BCUT2D eigenvalue weighted by Gasteiger charge is 2.21. The number of nitrogens with zero attached hydrogens (tertiary/aromatic N) is 3. The first-order chi connectivity index (χ1) is 11.0. The molecule has 23 heavy (non-hydrogen) atoms. The summed E-state index contributed by atoms with van der Waals surface area (Å²) in [7, 11) is 1.98. The fraction of sp³-hybridized carbons (Fsp3) is 0.722. The van der Waals surface area contributed by atoms with Crippen LogP contribution in [0.1, 0.15) is 61.9 Å². The predicted molar refractivity (Wildman–Crippen MR) is 95.9 cm³/mol. The molecule has 5 heteroatoms. The van der Waals surface area contributed by atoms with Crippen LogP contribution in [-0.4, -0.2) is 40.1 Å². The topological polar surface area (TPSA) is 46.1 Å². The third-order valence-corrected chi connectivity index (χ3v) is 5.49. The number of aromatic nitrogens is 2. The largest absolute Gasteiger partial charge is 0.343 e. The van der Waals surface area contributed by atoms with Crippen LogP contribution in [0.5, 0.6) is 0 Å². The van der Waals surface area contributed by atoms with Crippen molar-refractivity contribution >= 4 is 17.7 Å². The molecule has 0 spiro atoms. The van der Waals surface area contributed by atoms with E-state index in [1.165, 1.54) is 25.7 Å². The Morgan fingerprint density at radius 1 is 1.13 bits per heavy atom. The molecule has 1 aliphatic rings. The molecule has 1 aromatic rings. The lowest BCUT2D eigenvalue weighted by molar-refractivity contribution is -0.132. The fourth-order valence-corrected chi connectivity index (χ4v) is 3.88. The Hall–Kier alpha value is -1.10. The van der Waals surface area contributed by atoms with Crippen molar-refractivity contribution in [3.05, 3.63) is 17.0 Å². The highest BCUT2D eigenvalue weighted by atomic mass is 32.2. The monoisotopic (exact) mass is 335 g/mol. The van der Waals surface area contributed by atoms with E-state index < -0.39 is 0 Å². The molecule has 0 saturated heterocycles. The van der Waals surface area contributed by atoms with Gasteiger partial charge < -0.3 is 4.90 Å². The van der Waals surface area contributed by atoms with Crippen molar-refractivity contribution in [2.75, 3.05) is 13.3 Å². The summed E-state index contributed by atoms with van der Waals surface area (Å²) in [6, 6.07) is 0.433. The van der Waals surface area contributed by atoms with E-state index in [0.717, 1.165) is 41.4 Å². The third kappa shape index (κ3) is 4.93. The standard InChI is InChI=1S/C18H29N3OS/c1-13-16(14(2)20-18(19-13)23-4)11-12-17(22)21(3)15-9-7-5-6-8-10-15/h15H,5-12H2,1-4H3. The maximum Gasteiger partial charge on any atom is 0.222 e. The number of thioether (sulfide) groups is 1. The van der Waals surface area contributed by atoms with Gasteiger partial charge in [-0.05, 0) is 44.9 Å². The van der Waals surface area contributed by atoms with Crippen LogP contribution in [0.4, 0.5) is 0 Å². The normalized spacial score (nSPS) is 16.2. The van der Waals surface area contributed by atoms with Crippen molar-refractivity contribution in [2.45, 2.75) is 76.4 Å². The van der Waals surface area contributed by atoms with E-state index in [-0.39, 0.29) is 5.91 Å². The van der Waals surface area contributed by atoms with Gasteiger partial charge in [-0.3, -0.25) is 4.79 Å². The summed E-state index contributed by atoms with van der Waals surface area (Å²) in [5.74, 6) is 0.254. The lowest BCUT2D eigenvalue weighted by atomic mass is 10.0. The van der Waals surface area contributed by atoms with Crippen molar-refractivity contribution in [1.82, 2.24) is 14.9 Å². The second kappa shape index (κ2) is 8.67. The van der Waals surface area contributed by atoms with Crippen LogP contribution in [0.25, 0.3) is 0 Å². The molecule has 1 amide bonds. The minimum atomic E-state index is 0.254. The summed E-state index contributed by atoms with van der Waals surface area (Å²) >= 11 is 1.56. The Labute approximate surface area is 144 Å². The van der Waals surface area contributed by atoms with Gasteiger partial charge in [0.1, 0.15) is 0 Å². The van der Waals surface area contributed by atoms with Gasteiger partial charge in [-0.15, -0.1) is 0 Å². The molecule has 0 bridgehead atoms. The second-order valence-electron chi connectivity index (χ2n) is 6.51. The summed E-state index contributed by atoms with van der Waals surface area (Å²) in [4.78, 5) is 23.6. The van der Waals surface area contributed by atoms with E-state index in [1.807, 2.05) is 32.1 Å². The van der Waals surface area contributed by atoms with E-state index in [2.05, 4.69) is 9.97 Å². The first kappa shape index (κ1) is 18.2. The molecule has 4 nitrogen and oxygen atoms in total. The lowest BCUT2D eigenvalue weighted by Crippen LogP contribution is -2.36. The minimum absolute atomic E-state index is 0.254. The van der Waals surface area contributed by atoms with Gasteiger partial charge in [0.2, 0.25) is 5.91 Å². The number of hydrogen-bond acceptors (Lipinski definition) is 4. The fourth-order valence-electron chi connectivity index (χ4n) is 3.42. The summed E-state index contributed by atoms with van der Waals surface area (Å²) in [5, 5.41) is 0.811. The molecule has 0 radical (unpaired) electrons. The highest BCUT2D eigenvalue weighted by molar-refractivity contribution is 7.98. The van der Waals surface area contributed by atoms with Crippen molar-refractivity contribution in [2.24, 2.45) is 0 Å². The van der Waals surface area contributed by atoms with Gasteiger partial charge in [-0.25, -0.2) is 9.97 Å². The zero-order valence-electron chi connectivity index (χ0n) is 14.9. The number of rotatable bonds is 5. The quantitative estimate of drug-likeness (QED) is 0.465. The number of amides is 1. The third-order valence-electron chi connectivity index (χ3n) is 4.94. The maximum atomic E-state index is 12.6. The Bertz CT molecular complexity index is 516. The molecular formula is C18H29N3OS. The molecule has 0 aromatic carbocycles. The summed E-state index contributed by atoms with van der Waals surface area (Å²) < 4.78 is 0. The van der Waals surface area contributed by atoms with Gasteiger partial charge in [0.05, 0.1) is 0 Å². The molecule has 2 rings (SSSR count). The Morgan fingerprint density at radius 3 is 2.22 bits per heavy atom. The molecule has 1 aromatic heterocycles. The van der Waals surface area contributed by atoms with Gasteiger partial charge in [0.15, 0.2) is 5.16 Å². The first-order valence-electron chi connectivity index (χ1n) is 8.66. The number of hydrogen-bond donors (Lipinski definition) is 0. The van der Waals surface area contributed by atoms with E-state index in [1.54, 1.807) is 11.8 Å². The van der Waals surface area contributed by atoms with Crippen LogP contribution >= 0.6 is 11.8 Å². The van der Waals surface area contributed by atoms with Crippen molar-refractivity contribution in [3.63, 3.8) is 0 Å². The van der Waals surface area contributed by atoms with Crippen molar-refractivity contribution in [1.29, 1.82) is 0 Å². The molecule has 0 aliphatic heterocycles. The average molecular weight is 336 g/mol. The first-order valence-corrected chi connectivity index (χ1v) is 9.89. The van der Waals surface area contributed by atoms with E-state index in [4.69, 9.17) is 0 Å². The molecule has 1 fully saturated rings. The SMILES string of the molecule is CSc1nc(C)c(CCC(=O)N(C)C2CCCCCC2)c(C)n1. The average Bonchev–Trinajstić information content (AvgIpc) is 2.82. The zero-order chi connectivity index (χ0) is 16.8. The summed E-state index contributed by atoms with van der Waals surface area (Å²) in [5.41, 5.74) is 3.14. The molecule has 0 unspecified atom stereocenters. The van der Waals surface area contributed by atoms with Crippen molar-refractivity contribution < 1.29 is 4.79 Å². The number of aryl methyl sites for hydroxylation is 2. The smallest absolute Gasteiger partial charge is 0.222 e. The van der Waals surface area contributed by atoms with Crippen LogP contribution < -0.4 is 0 Å². The van der Waals surface area contributed by atoms with Gasteiger partial charge in [0.25, 0.3) is 0 Å². The Morgan fingerprint density at radius 2 is 1.70 bits per heavy atom. The van der Waals surface area contributed by atoms with Crippen LogP contribution in [0.15, 0.2) is 5.16 Å². The van der Waals surface area contributed by atoms with Crippen LogP contribution in [0.3, 0.4) is 0 Å². The summed E-state index contributed by atoms with van der Waals surface area (Å²) in [6.07, 6.45) is 10.7. The molecule has 0 N–H and O–H groups in total. The molecule has 0 atom stereocenters. The Kier molecular flexibility index (Phi) is 6.88. The van der Waals surface area contributed by atoms with Crippen LogP contribution in [0.2, 0.25) is 0 Å². The Balaban J connectivity index is 1.95. The molecule has 1 aliphatic carbocycles. The molecule has 1 saturated carbocycles.